The Balaban J connectivity index is 1.72. The van der Waals surface area contributed by atoms with E-state index < -0.39 is 0 Å². The third-order valence-corrected chi connectivity index (χ3v) is 4.90. The number of rotatable bonds is 8. The lowest BCUT2D eigenvalue weighted by Gasteiger charge is -2.22. The molecule has 0 aliphatic rings. The first-order chi connectivity index (χ1) is 13.6. The van der Waals surface area contributed by atoms with Crippen molar-refractivity contribution in [3.63, 3.8) is 0 Å². The van der Waals surface area contributed by atoms with Gasteiger partial charge < -0.3 is 15.5 Å². The molecule has 1 aromatic heterocycles. The third-order valence-electron chi connectivity index (χ3n) is 4.90. The number of nitrogens with one attached hydrogen (secondary N) is 2. The van der Waals surface area contributed by atoms with E-state index in [2.05, 4.69) is 83.5 Å². The van der Waals surface area contributed by atoms with Crippen LogP contribution in [0.25, 0.3) is 0 Å². The Hall–Kier alpha value is -3.08. The van der Waals surface area contributed by atoms with Crippen LogP contribution >= 0.6 is 0 Å². The number of nitrogens with zero attached hydrogens (tertiary/aromatic N) is 3. The van der Waals surface area contributed by atoms with Crippen LogP contribution in [0.3, 0.4) is 0 Å². The van der Waals surface area contributed by atoms with Crippen molar-refractivity contribution in [2.75, 3.05) is 28.6 Å². The van der Waals surface area contributed by atoms with Crippen molar-refractivity contribution in [2.45, 2.75) is 33.7 Å². The fraction of sp³-hybridized carbons (Fsp3) is 0.304. The first-order valence-corrected chi connectivity index (χ1v) is 9.87. The number of aromatic nitrogens is 2. The van der Waals surface area contributed by atoms with Crippen LogP contribution in [-0.4, -0.2) is 23.1 Å². The maximum atomic E-state index is 4.62. The zero-order valence-electron chi connectivity index (χ0n) is 17.1. The van der Waals surface area contributed by atoms with Crippen molar-refractivity contribution in [1.82, 2.24) is 9.97 Å². The second-order valence-electron chi connectivity index (χ2n) is 6.84. The lowest BCUT2D eigenvalue weighted by Crippen LogP contribution is -2.21. The Bertz CT molecular complexity index is 891. The van der Waals surface area contributed by atoms with Gasteiger partial charge in [0.2, 0.25) is 5.95 Å². The summed E-state index contributed by atoms with van der Waals surface area (Å²) in [4.78, 5) is 11.3. The highest BCUT2D eigenvalue weighted by Crippen LogP contribution is 2.25. The summed E-state index contributed by atoms with van der Waals surface area (Å²) in [6.07, 6.45) is 1.77. The number of aryl methyl sites for hydroxylation is 1. The van der Waals surface area contributed by atoms with Crippen LogP contribution in [0, 0.1) is 6.92 Å². The number of hydrogen-bond acceptors (Lipinski definition) is 5. The van der Waals surface area contributed by atoms with E-state index in [1.165, 1.54) is 16.8 Å². The third kappa shape index (κ3) is 4.80. The molecule has 28 heavy (non-hydrogen) atoms. The van der Waals surface area contributed by atoms with Crippen molar-refractivity contribution < 1.29 is 0 Å². The highest BCUT2D eigenvalue weighted by Gasteiger charge is 2.09. The molecular weight excluding hydrogens is 346 g/mol. The minimum Gasteiger partial charge on any atom is -0.372 e. The number of benzene rings is 2. The largest absolute Gasteiger partial charge is 0.372 e. The van der Waals surface area contributed by atoms with Gasteiger partial charge in [0.15, 0.2) is 0 Å². The van der Waals surface area contributed by atoms with E-state index in [1.807, 2.05) is 24.3 Å². The summed E-state index contributed by atoms with van der Waals surface area (Å²) in [5.41, 5.74) is 4.69. The van der Waals surface area contributed by atoms with Crippen LogP contribution in [0.2, 0.25) is 0 Å². The fourth-order valence-electron chi connectivity index (χ4n) is 3.23. The second kappa shape index (κ2) is 9.22. The molecule has 0 spiro atoms. The van der Waals surface area contributed by atoms with E-state index in [0.717, 1.165) is 24.6 Å². The predicted octanol–water partition coefficient (Wildman–Crippen LogP) is 5.55. The predicted molar refractivity (Wildman–Crippen MR) is 119 cm³/mol. The van der Waals surface area contributed by atoms with Gasteiger partial charge in [-0.05, 0) is 63.1 Å². The van der Waals surface area contributed by atoms with Crippen molar-refractivity contribution >= 4 is 23.1 Å². The molecule has 0 radical (unpaired) electrons. The first kappa shape index (κ1) is 19.7. The molecule has 146 valence electrons. The van der Waals surface area contributed by atoms with Crippen molar-refractivity contribution in [2.24, 2.45) is 0 Å². The van der Waals surface area contributed by atoms with E-state index >= 15 is 0 Å². The van der Waals surface area contributed by atoms with Gasteiger partial charge >= 0.3 is 0 Å². The summed E-state index contributed by atoms with van der Waals surface area (Å²) >= 11 is 0. The zero-order valence-corrected chi connectivity index (χ0v) is 17.1. The van der Waals surface area contributed by atoms with Crippen molar-refractivity contribution in [1.29, 1.82) is 0 Å². The molecule has 0 saturated heterocycles. The van der Waals surface area contributed by atoms with Gasteiger partial charge in [-0.15, -0.1) is 0 Å². The summed E-state index contributed by atoms with van der Waals surface area (Å²) in [5, 5.41) is 6.79. The van der Waals surface area contributed by atoms with Gasteiger partial charge in [0, 0.05) is 30.7 Å². The molecule has 0 aliphatic heterocycles. The molecule has 1 unspecified atom stereocenters. The van der Waals surface area contributed by atoms with Gasteiger partial charge in [0.1, 0.15) is 5.82 Å². The Morgan fingerprint density at radius 3 is 2.43 bits per heavy atom. The van der Waals surface area contributed by atoms with Crippen LogP contribution in [-0.2, 0) is 0 Å². The first-order valence-electron chi connectivity index (χ1n) is 9.87. The van der Waals surface area contributed by atoms with Gasteiger partial charge in [-0.3, -0.25) is 0 Å². The quantitative estimate of drug-likeness (QED) is 0.541. The maximum Gasteiger partial charge on any atom is 0.225 e. The SMILES string of the molecule is CCN(CC)c1ccc(Nc2ccnc(NC(C)c3ccccc3)n2)c(C)c1. The molecule has 0 saturated carbocycles. The molecule has 5 heteroatoms. The fourth-order valence-corrected chi connectivity index (χ4v) is 3.23. The van der Waals surface area contributed by atoms with Crippen molar-refractivity contribution in [3.8, 4) is 0 Å². The number of hydrogen-bond donors (Lipinski definition) is 2. The molecule has 3 aromatic rings. The monoisotopic (exact) mass is 375 g/mol. The Labute approximate surface area is 167 Å². The van der Waals surface area contributed by atoms with E-state index in [1.54, 1.807) is 6.20 Å². The topological polar surface area (TPSA) is 53.1 Å². The number of anilines is 4. The molecule has 5 nitrogen and oxygen atoms in total. The normalized spacial score (nSPS) is 11.7. The molecule has 3 rings (SSSR count). The molecule has 0 fully saturated rings. The molecule has 0 amide bonds. The van der Waals surface area contributed by atoms with E-state index in [-0.39, 0.29) is 6.04 Å². The Morgan fingerprint density at radius 1 is 1.00 bits per heavy atom. The highest BCUT2D eigenvalue weighted by atomic mass is 15.2. The van der Waals surface area contributed by atoms with Gasteiger partial charge in [0.25, 0.3) is 0 Å². The van der Waals surface area contributed by atoms with Gasteiger partial charge in [-0.25, -0.2) is 4.98 Å². The smallest absolute Gasteiger partial charge is 0.225 e. The van der Waals surface area contributed by atoms with Crippen molar-refractivity contribution in [3.05, 3.63) is 71.9 Å². The average molecular weight is 376 g/mol. The minimum atomic E-state index is 0.131. The van der Waals surface area contributed by atoms with Crippen LogP contribution in [0.1, 0.15) is 37.9 Å². The highest BCUT2D eigenvalue weighted by molar-refractivity contribution is 5.65. The maximum absolute atomic E-state index is 4.62. The van der Waals surface area contributed by atoms with E-state index in [9.17, 15) is 0 Å². The standard InChI is InChI=1S/C23H29N5/c1-5-28(6-2)20-12-13-21(17(3)16-20)26-22-14-15-24-23(27-22)25-18(4)19-10-8-7-9-11-19/h7-16,18H,5-6H2,1-4H3,(H2,24,25,26,27). The molecule has 0 bridgehead atoms. The average Bonchev–Trinajstić information content (AvgIpc) is 2.72. The van der Waals surface area contributed by atoms with Gasteiger partial charge in [-0.2, -0.15) is 4.98 Å². The lowest BCUT2D eigenvalue weighted by molar-refractivity contribution is 0.861. The molecule has 1 heterocycles. The molecule has 0 aliphatic carbocycles. The van der Waals surface area contributed by atoms with Gasteiger partial charge in [0.05, 0.1) is 6.04 Å². The van der Waals surface area contributed by atoms with Crippen LogP contribution in [0.15, 0.2) is 60.8 Å². The van der Waals surface area contributed by atoms with Crippen LogP contribution < -0.4 is 15.5 Å². The molecule has 2 N–H and O–H groups in total. The summed E-state index contributed by atoms with van der Waals surface area (Å²) in [6, 6.07) is 18.8. The van der Waals surface area contributed by atoms with Gasteiger partial charge in [-0.1, -0.05) is 30.3 Å². The van der Waals surface area contributed by atoms with Crippen LogP contribution in [0.4, 0.5) is 23.1 Å². The van der Waals surface area contributed by atoms with E-state index in [0.29, 0.717) is 5.95 Å². The van der Waals surface area contributed by atoms with Crippen LogP contribution in [0.5, 0.6) is 0 Å². The summed E-state index contributed by atoms with van der Waals surface area (Å²) in [6.45, 7) is 10.6. The van der Waals surface area contributed by atoms with E-state index in [4.69, 9.17) is 0 Å². The Kier molecular flexibility index (Phi) is 6.48. The summed E-state index contributed by atoms with van der Waals surface area (Å²) < 4.78 is 0. The lowest BCUT2D eigenvalue weighted by atomic mass is 10.1. The minimum absolute atomic E-state index is 0.131. The zero-order chi connectivity index (χ0) is 19.9. The molecule has 2 aromatic carbocycles. The molecular formula is C23H29N5. The summed E-state index contributed by atoms with van der Waals surface area (Å²) in [5.74, 6) is 1.38. The summed E-state index contributed by atoms with van der Waals surface area (Å²) in [7, 11) is 0. The Morgan fingerprint density at radius 2 is 1.75 bits per heavy atom. The molecule has 1 atom stereocenters. The second-order valence-corrected chi connectivity index (χ2v) is 6.84.